The standard InChI is InChI=1S/C13H20O2/c1-5-13(15)8(2)6-9-11(10(13)7-14)12(9,3)4/h1,8-11,14-15H,6-7H2,2-4H3. The molecule has 2 aliphatic carbocycles. The predicted molar refractivity (Wildman–Crippen MR) is 58.9 cm³/mol. The SMILES string of the molecule is C#CC1(O)C(C)CC2C(C1CO)C2(C)C. The molecule has 2 rings (SSSR count). The second-order valence-electron chi connectivity index (χ2n) is 5.85. The third kappa shape index (κ3) is 1.20. The minimum Gasteiger partial charge on any atom is -0.396 e. The lowest BCUT2D eigenvalue weighted by Crippen LogP contribution is -2.48. The molecule has 0 heterocycles. The Bertz CT molecular complexity index is 315. The van der Waals surface area contributed by atoms with Gasteiger partial charge in [0.05, 0.1) is 0 Å². The van der Waals surface area contributed by atoms with Crippen LogP contribution in [0.15, 0.2) is 0 Å². The van der Waals surface area contributed by atoms with Crippen LogP contribution in [0, 0.1) is 41.4 Å². The monoisotopic (exact) mass is 208 g/mol. The molecule has 2 saturated carbocycles. The number of aliphatic hydroxyl groups is 2. The Morgan fingerprint density at radius 2 is 2.07 bits per heavy atom. The van der Waals surface area contributed by atoms with Gasteiger partial charge in [-0.3, -0.25) is 0 Å². The number of rotatable bonds is 1. The quantitative estimate of drug-likeness (QED) is 0.637. The minimum atomic E-state index is -1.11. The highest BCUT2D eigenvalue weighted by Crippen LogP contribution is 2.69. The van der Waals surface area contributed by atoms with E-state index in [4.69, 9.17) is 6.42 Å². The molecule has 84 valence electrons. The van der Waals surface area contributed by atoms with Crippen LogP contribution in [-0.2, 0) is 0 Å². The van der Waals surface area contributed by atoms with Gasteiger partial charge in [-0.05, 0) is 29.6 Å². The number of terminal acetylenes is 1. The van der Waals surface area contributed by atoms with E-state index in [0.29, 0.717) is 11.8 Å². The first-order chi connectivity index (χ1) is 6.89. The van der Waals surface area contributed by atoms with E-state index in [9.17, 15) is 10.2 Å². The van der Waals surface area contributed by atoms with Gasteiger partial charge in [-0.15, -0.1) is 6.42 Å². The Morgan fingerprint density at radius 1 is 1.47 bits per heavy atom. The van der Waals surface area contributed by atoms with Crippen molar-refractivity contribution in [3.05, 3.63) is 0 Å². The number of hydrogen-bond acceptors (Lipinski definition) is 2. The topological polar surface area (TPSA) is 40.5 Å². The van der Waals surface area contributed by atoms with E-state index >= 15 is 0 Å². The molecule has 15 heavy (non-hydrogen) atoms. The van der Waals surface area contributed by atoms with Crippen molar-refractivity contribution >= 4 is 0 Å². The summed E-state index contributed by atoms with van der Waals surface area (Å²) in [5.74, 6) is 3.47. The van der Waals surface area contributed by atoms with Gasteiger partial charge in [-0.25, -0.2) is 0 Å². The summed E-state index contributed by atoms with van der Waals surface area (Å²) in [7, 11) is 0. The zero-order valence-electron chi connectivity index (χ0n) is 9.70. The molecule has 2 aliphatic rings. The highest BCUT2D eigenvalue weighted by atomic mass is 16.3. The van der Waals surface area contributed by atoms with Gasteiger partial charge in [-0.1, -0.05) is 26.7 Å². The molecule has 0 aromatic rings. The van der Waals surface area contributed by atoms with Crippen molar-refractivity contribution in [1.82, 2.24) is 0 Å². The van der Waals surface area contributed by atoms with Crippen molar-refractivity contribution in [1.29, 1.82) is 0 Å². The molecule has 0 saturated heterocycles. The van der Waals surface area contributed by atoms with Crippen LogP contribution in [0.5, 0.6) is 0 Å². The van der Waals surface area contributed by atoms with E-state index in [2.05, 4.69) is 19.8 Å². The van der Waals surface area contributed by atoms with Crippen molar-refractivity contribution in [2.45, 2.75) is 32.8 Å². The van der Waals surface area contributed by atoms with Gasteiger partial charge >= 0.3 is 0 Å². The average Bonchev–Trinajstić information content (AvgIpc) is 2.70. The number of hydrogen-bond donors (Lipinski definition) is 2. The summed E-state index contributed by atoms with van der Waals surface area (Å²) in [6.45, 7) is 6.41. The molecule has 0 aromatic carbocycles. The Kier molecular flexibility index (Phi) is 2.19. The molecule has 0 spiro atoms. The van der Waals surface area contributed by atoms with Crippen molar-refractivity contribution in [2.24, 2.45) is 29.1 Å². The molecule has 0 aliphatic heterocycles. The Labute approximate surface area is 91.7 Å². The zero-order chi connectivity index (χ0) is 11.4. The summed E-state index contributed by atoms with van der Waals surface area (Å²) < 4.78 is 0. The normalized spacial score (nSPS) is 51.7. The van der Waals surface area contributed by atoms with Crippen molar-refractivity contribution in [3.63, 3.8) is 0 Å². The fourth-order valence-corrected chi connectivity index (χ4v) is 3.74. The molecule has 2 heteroatoms. The van der Waals surface area contributed by atoms with E-state index in [1.807, 2.05) is 6.92 Å². The van der Waals surface area contributed by atoms with E-state index in [0.717, 1.165) is 6.42 Å². The van der Waals surface area contributed by atoms with Crippen LogP contribution in [0.1, 0.15) is 27.2 Å². The second-order valence-corrected chi connectivity index (χ2v) is 5.85. The maximum absolute atomic E-state index is 10.4. The third-order valence-electron chi connectivity index (χ3n) is 4.92. The number of aliphatic hydroxyl groups excluding tert-OH is 1. The molecule has 0 amide bonds. The highest BCUT2D eigenvalue weighted by molar-refractivity contribution is 5.24. The maximum atomic E-state index is 10.4. The predicted octanol–water partition coefficient (Wildman–Crippen LogP) is 1.27. The van der Waals surface area contributed by atoms with E-state index in [1.54, 1.807) is 0 Å². The van der Waals surface area contributed by atoms with Crippen molar-refractivity contribution in [3.8, 4) is 12.3 Å². The Hall–Kier alpha value is -0.520. The maximum Gasteiger partial charge on any atom is 0.133 e. The molecule has 2 N–H and O–H groups in total. The van der Waals surface area contributed by atoms with Crippen LogP contribution in [0.3, 0.4) is 0 Å². The second kappa shape index (κ2) is 2.99. The van der Waals surface area contributed by atoms with Crippen LogP contribution in [-0.4, -0.2) is 22.4 Å². The van der Waals surface area contributed by atoms with Gasteiger partial charge < -0.3 is 10.2 Å². The fourth-order valence-electron chi connectivity index (χ4n) is 3.74. The van der Waals surface area contributed by atoms with Crippen LogP contribution in [0.25, 0.3) is 0 Å². The van der Waals surface area contributed by atoms with Gasteiger partial charge in [0.1, 0.15) is 5.60 Å². The fraction of sp³-hybridized carbons (Fsp3) is 0.846. The summed E-state index contributed by atoms with van der Waals surface area (Å²) >= 11 is 0. The number of fused-ring (bicyclic) bond motifs is 1. The molecule has 2 nitrogen and oxygen atoms in total. The van der Waals surface area contributed by atoms with Gasteiger partial charge in [0.25, 0.3) is 0 Å². The lowest BCUT2D eigenvalue weighted by atomic mass is 9.69. The summed E-state index contributed by atoms with van der Waals surface area (Å²) in [5.41, 5.74) is -0.868. The van der Waals surface area contributed by atoms with Crippen LogP contribution < -0.4 is 0 Å². The lowest BCUT2D eigenvalue weighted by molar-refractivity contribution is -0.0645. The van der Waals surface area contributed by atoms with E-state index in [1.165, 1.54) is 0 Å². The zero-order valence-corrected chi connectivity index (χ0v) is 9.70. The molecule has 0 radical (unpaired) electrons. The van der Waals surface area contributed by atoms with Gasteiger partial charge in [0.15, 0.2) is 0 Å². The summed E-state index contributed by atoms with van der Waals surface area (Å²) in [6, 6.07) is 0. The molecule has 2 fully saturated rings. The molecule has 0 bridgehead atoms. The first kappa shape index (κ1) is 11.0. The van der Waals surface area contributed by atoms with Crippen LogP contribution in [0.2, 0.25) is 0 Å². The van der Waals surface area contributed by atoms with Crippen molar-refractivity contribution < 1.29 is 10.2 Å². The first-order valence-corrected chi connectivity index (χ1v) is 5.70. The van der Waals surface area contributed by atoms with E-state index in [-0.39, 0.29) is 23.9 Å². The summed E-state index contributed by atoms with van der Waals surface area (Å²) in [4.78, 5) is 0. The molecule has 5 unspecified atom stereocenters. The highest BCUT2D eigenvalue weighted by Gasteiger charge is 2.68. The van der Waals surface area contributed by atoms with Crippen LogP contribution in [0.4, 0.5) is 0 Å². The smallest absolute Gasteiger partial charge is 0.133 e. The van der Waals surface area contributed by atoms with Crippen molar-refractivity contribution in [2.75, 3.05) is 6.61 Å². The summed E-state index contributed by atoms with van der Waals surface area (Å²) in [5, 5.41) is 19.9. The van der Waals surface area contributed by atoms with Gasteiger partial charge in [0, 0.05) is 12.5 Å². The first-order valence-electron chi connectivity index (χ1n) is 5.70. The molecular weight excluding hydrogens is 188 g/mol. The molecule has 5 atom stereocenters. The molecule has 0 aromatic heterocycles. The Morgan fingerprint density at radius 3 is 2.53 bits per heavy atom. The largest absolute Gasteiger partial charge is 0.396 e. The molecular formula is C13H20O2. The van der Waals surface area contributed by atoms with Gasteiger partial charge in [-0.2, -0.15) is 0 Å². The minimum absolute atomic E-state index is 0.00433. The van der Waals surface area contributed by atoms with Gasteiger partial charge in [0.2, 0.25) is 0 Å². The Balaban J connectivity index is 2.33. The lowest BCUT2D eigenvalue weighted by Gasteiger charge is -2.39. The third-order valence-corrected chi connectivity index (χ3v) is 4.92. The summed E-state index contributed by atoms with van der Waals surface area (Å²) in [6.07, 6.45) is 6.43. The van der Waals surface area contributed by atoms with Crippen LogP contribution >= 0.6 is 0 Å². The average molecular weight is 208 g/mol. The van der Waals surface area contributed by atoms with E-state index < -0.39 is 5.60 Å².